The van der Waals surface area contributed by atoms with Gasteiger partial charge in [-0.05, 0) is 50.0 Å². The minimum absolute atomic E-state index is 0.101. The predicted molar refractivity (Wildman–Crippen MR) is 81.0 cm³/mol. The maximum atomic E-state index is 13.0. The van der Waals surface area contributed by atoms with Crippen LogP contribution < -0.4 is 10.6 Å². The van der Waals surface area contributed by atoms with Crippen LogP contribution in [0.25, 0.3) is 0 Å². The molecular formula is C15H19ClFN3O. The summed E-state index contributed by atoms with van der Waals surface area (Å²) < 4.78 is 13.0. The molecule has 3 rings (SSSR count). The molecule has 0 saturated carbocycles. The van der Waals surface area contributed by atoms with Crippen LogP contribution in [0.4, 0.5) is 10.1 Å². The number of likely N-dealkylation sites (tertiary alicyclic amines) is 1. The summed E-state index contributed by atoms with van der Waals surface area (Å²) in [4.78, 5) is 14.4. The minimum Gasteiger partial charge on any atom is -0.324 e. The second-order valence-corrected chi connectivity index (χ2v) is 6.18. The van der Waals surface area contributed by atoms with Crippen molar-refractivity contribution in [2.24, 2.45) is 5.92 Å². The van der Waals surface area contributed by atoms with E-state index in [9.17, 15) is 9.18 Å². The highest BCUT2D eigenvalue weighted by molar-refractivity contribution is 6.33. The van der Waals surface area contributed by atoms with E-state index in [1.165, 1.54) is 24.6 Å². The second kappa shape index (κ2) is 6.30. The number of hydrogen-bond acceptors (Lipinski definition) is 3. The predicted octanol–water partition coefficient (Wildman–Crippen LogP) is 2.10. The maximum Gasteiger partial charge on any atom is 0.238 e. The molecule has 0 aromatic heterocycles. The summed E-state index contributed by atoms with van der Waals surface area (Å²) in [6.45, 7) is 3.31. The highest BCUT2D eigenvalue weighted by atomic mass is 35.5. The Bertz CT molecular complexity index is 540. The van der Waals surface area contributed by atoms with Crippen LogP contribution in [0.1, 0.15) is 12.8 Å². The summed E-state index contributed by atoms with van der Waals surface area (Å²) in [5, 5.41) is 6.39. The van der Waals surface area contributed by atoms with Crippen molar-refractivity contribution in [3.63, 3.8) is 0 Å². The van der Waals surface area contributed by atoms with Crippen LogP contribution in [0.15, 0.2) is 18.2 Å². The molecule has 2 fully saturated rings. The van der Waals surface area contributed by atoms with Crippen LogP contribution in [0.2, 0.25) is 5.02 Å². The summed E-state index contributed by atoms with van der Waals surface area (Å²) in [5.41, 5.74) is 0.459. The molecule has 0 spiro atoms. The molecule has 0 bridgehead atoms. The zero-order valence-electron chi connectivity index (χ0n) is 11.7. The Labute approximate surface area is 128 Å². The van der Waals surface area contributed by atoms with Gasteiger partial charge in [0.15, 0.2) is 0 Å². The fraction of sp³-hybridized carbons (Fsp3) is 0.533. The van der Waals surface area contributed by atoms with Crippen LogP contribution in [0.3, 0.4) is 0 Å². The Morgan fingerprint density at radius 1 is 1.48 bits per heavy atom. The normalized spacial score (nSPS) is 25.6. The van der Waals surface area contributed by atoms with Crippen molar-refractivity contribution in [3.8, 4) is 0 Å². The molecule has 2 saturated heterocycles. The van der Waals surface area contributed by atoms with Crippen molar-refractivity contribution in [1.82, 2.24) is 10.2 Å². The maximum absolute atomic E-state index is 13.0. The number of nitrogens with one attached hydrogen (secondary N) is 2. The molecule has 2 atom stereocenters. The first-order valence-corrected chi connectivity index (χ1v) is 7.71. The molecule has 2 aliphatic heterocycles. The standard InChI is InChI=1S/C15H19ClFN3O/c16-12-6-11(17)3-4-13(12)19-15(21)9-20-5-1-2-10-7-18-8-14(10)20/h3-4,6,10,14,18H,1-2,5,7-9H2,(H,19,21). The number of anilines is 1. The van der Waals surface area contributed by atoms with E-state index in [4.69, 9.17) is 11.6 Å². The number of nitrogens with zero attached hydrogens (tertiary/aromatic N) is 1. The molecule has 2 heterocycles. The Morgan fingerprint density at radius 2 is 2.33 bits per heavy atom. The van der Waals surface area contributed by atoms with Gasteiger partial charge in [-0.2, -0.15) is 0 Å². The third-order valence-electron chi connectivity index (χ3n) is 4.35. The lowest BCUT2D eigenvalue weighted by Crippen LogP contribution is -2.48. The number of halogens is 2. The first-order chi connectivity index (χ1) is 10.1. The molecule has 2 unspecified atom stereocenters. The van der Waals surface area contributed by atoms with Crippen molar-refractivity contribution >= 4 is 23.2 Å². The minimum atomic E-state index is -0.408. The van der Waals surface area contributed by atoms with E-state index in [-0.39, 0.29) is 10.9 Å². The third kappa shape index (κ3) is 3.36. The van der Waals surface area contributed by atoms with Crippen molar-refractivity contribution in [3.05, 3.63) is 29.0 Å². The largest absolute Gasteiger partial charge is 0.324 e. The first-order valence-electron chi connectivity index (χ1n) is 7.33. The number of rotatable bonds is 3. The van der Waals surface area contributed by atoms with Gasteiger partial charge in [-0.1, -0.05) is 11.6 Å². The molecule has 1 amide bonds. The van der Waals surface area contributed by atoms with E-state index in [1.54, 1.807) is 0 Å². The Morgan fingerprint density at radius 3 is 3.14 bits per heavy atom. The van der Waals surface area contributed by atoms with Crippen molar-refractivity contribution in [2.45, 2.75) is 18.9 Å². The van der Waals surface area contributed by atoms with Crippen molar-refractivity contribution in [2.75, 3.05) is 31.5 Å². The van der Waals surface area contributed by atoms with Gasteiger partial charge in [0.25, 0.3) is 0 Å². The van der Waals surface area contributed by atoms with Gasteiger partial charge in [-0.3, -0.25) is 9.69 Å². The average molecular weight is 312 g/mol. The lowest BCUT2D eigenvalue weighted by Gasteiger charge is -2.36. The SMILES string of the molecule is O=C(CN1CCCC2CNCC21)Nc1ccc(F)cc1Cl. The monoisotopic (exact) mass is 311 g/mol. The van der Waals surface area contributed by atoms with Crippen LogP contribution in [-0.2, 0) is 4.79 Å². The Kier molecular flexibility index (Phi) is 4.42. The molecule has 1 aromatic carbocycles. The summed E-state index contributed by atoms with van der Waals surface area (Å²) in [6, 6.07) is 4.44. The van der Waals surface area contributed by atoms with E-state index < -0.39 is 5.82 Å². The molecule has 4 nitrogen and oxygen atoms in total. The van der Waals surface area contributed by atoms with E-state index in [1.807, 2.05) is 0 Å². The molecule has 2 N–H and O–H groups in total. The molecule has 2 aliphatic rings. The van der Waals surface area contributed by atoms with Gasteiger partial charge in [0.05, 0.1) is 17.3 Å². The fourth-order valence-corrected chi connectivity index (χ4v) is 3.54. The second-order valence-electron chi connectivity index (χ2n) is 5.77. The third-order valence-corrected chi connectivity index (χ3v) is 4.66. The zero-order valence-corrected chi connectivity index (χ0v) is 12.5. The average Bonchev–Trinajstić information content (AvgIpc) is 2.91. The van der Waals surface area contributed by atoms with Crippen molar-refractivity contribution < 1.29 is 9.18 Å². The summed E-state index contributed by atoms with van der Waals surface area (Å²) in [7, 11) is 0. The Hall–Kier alpha value is -1.17. The smallest absolute Gasteiger partial charge is 0.238 e. The topological polar surface area (TPSA) is 44.4 Å². The molecule has 21 heavy (non-hydrogen) atoms. The number of carbonyl (C=O) groups is 1. The van der Waals surface area contributed by atoms with Gasteiger partial charge in [0, 0.05) is 12.6 Å². The number of amides is 1. The molecular weight excluding hydrogens is 293 g/mol. The molecule has 114 valence electrons. The fourth-order valence-electron chi connectivity index (χ4n) is 3.32. The van der Waals surface area contributed by atoms with Gasteiger partial charge < -0.3 is 10.6 Å². The molecule has 0 radical (unpaired) electrons. The quantitative estimate of drug-likeness (QED) is 0.898. The highest BCUT2D eigenvalue weighted by Gasteiger charge is 2.35. The van der Waals surface area contributed by atoms with E-state index in [0.29, 0.717) is 24.2 Å². The van der Waals surface area contributed by atoms with Crippen LogP contribution in [-0.4, -0.2) is 43.0 Å². The van der Waals surface area contributed by atoms with Crippen LogP contribution in [0.5, 0.6) is 0 Å². The van der Waals surface area contributed by atoms with Crippen LogP contribution >= 0.6 is 11.6 Å². The summed E-state index contributed by atoms with van der Waals surface area (Å²) in [6.07, 6.45) is 2.37. The number of piperidine rings is 1. The van der Waals surface area contributed by atoms with Crippen molar-refractivity contribution in [1.29, 1.82) is 0 Å². The van der Waals surface area contributed by atoms with Gasteiger partial charge in [-0.15, -0.1) is 0 Å². The van der Waals surface area contributed by atoms with Gasteiger partial charge in [0.1, 0.15) is 5.82 Å². The van der Waals surface area contributed by atoms with Gasteiger partial charge in [-0.25, -0.2) is 4.39 Å². The number of hydrogen-bond donors (Lipinski definition) is 2. The molecule has 1 aromatic rings. The Balaban J connectivity index is 1.61. The van der Waals surface area contributed by atoms with Gasteiger partial charge >= 0.3 is 0 Å². The number of benzene rings is 1. The lowest BCUT2D eigenvalue weighted by atomic mass is 9.92. The number of fused-ring (bicyclic) bond motifs is 1. The molecule has 6 heteroatoms. The summed E-state index contributed by atoms with van der Waals surface area (Å²) >= 11 is 5.93. The zero-order chi connectivity index (χ0) is 14.8. The first kappa shape index (κ1) is 14.8. The number of carbonyl (C=O) groups excluding carboxylic acids is 1. The summed E-state index contributed by atoms with van der Waals surface area (Å²) in [5.74, 6) is 0.144. The lowest BCUT2D eigenvalue weighted by molar-refractivity contribution is -0.118. The van der Waals surface area contributed by atoms with E-state index in [0.717, 1.165) is 26.1 Å². The van der Waals surface area contributed by atoms with Crippen LogP contribution in [0, 0.1) is 11.7 Å². The highest BCUT2D eigenvalue weighted by Crippen LogP contribution is 2.26. The van der Waals surface area contributed by atoms with E-state index >= 15 is 0 Å². The van der Waals surface area contributed by atoms with Gasteiger partial charge in [0.2, 0.25) is 5.91 Å². The molecule has 0 aliphatic carbocycles. The van der Waals surface area contributed by atoms with E-state index in [2.05, 4.69) is 15.5 Å².